The van der Waals surface area contributed by atoms with Gasteiger partial charge in [-0.1, -0.05) is 18.2 Å². The fourth-order valence-electron chi connectivity index (χ4n) is 2.86. The van der Waals surface area contributed by atoms with Gasteiger partial charge in [-0.2, -0.15) is 18.4 Å². The maximum atomic E-state index is 12.8. The van der Waals surface area contributed by atoms with Crippen molar-refractivity contribution >= 4 is 15.9 Å². The van der Waals surface area contributed by atoms with Gasteiger partial charge in [0.1, 0.15) is 0 Å². The van der Waals surface area contributed by atoms with Crippen LogP contribution in [0.3, 0.4) is 0 Å². The van der Waals surface area contributed by atoms with Crippen LogP contribution in [0.1, 0.15) is 36.6 Å². The van der Waals surface area contributed by atoms with Gasteiger partial charge < -0.3 is 4.90 Å². The molecular weight excluding hydrogens is 419 g/mol. The zero-order chi connectivity index (χ0) is 22.5. The topological polar surface area (TPSA) is 90.3 Å². The molecule has 1 atom stereocenters. The van der Waals surface area contributed by atoms with Crippen LogP contribution in [0.4, 0.5) is 13.2 Å². The first kappa shape index (κ1) is 23.4. The molecule has 0 aromatic heterocycles. The first-order valence-electron chi connectivity index (χ1n) is 8.96. The summed E-state index contributed by atoms with van der Waals surface area (Å²) in [5.74, 6) is -0.537. The van der Waals surface area contributed by atoms with Gasteiger partial charge in [-0.15, -0.1) is 0 Å². The van der Waals surface area contributed by atoms with E-state index in [1.54, 1.807) is 38.1 Å². The van der Waals surface area contributed by atoms with Crippen LogP contribution >= 0.6 is 0 Å². The van der Waals surface area contributed by atoms with Crippen LogP contribution in [0, 0.1) is 11.3 Å². The molecule has 160 valence electrons. The maximum Gasteiger partial charge on any atom is 0.416 e. The van der Waals surface area contributed by atoms with Crippen LogP contribution in [0.25, 0.3) is 0 Å². The molecule has 0 saturated heterocycles. The van der Waals surface area contributed by atoms with Gasteiger partial charge in [0.15, 0.2) is 0 Å². The molecule has 0 spiro atoms. The number of likely N-dealkylation sites (N-methyl/N-ethyl adjacent to an activating group) is 1. The van der Waals surface area contributed by atoms with Crippen molar-refractivity contribution in [1.29, 1.82) is 5.26 Å². The van der Waals surface area contributed by atoms with Gasteiger partial charge in [-0.05, 0) is 49.7 Å². The van der Waals surface area contributed by atoms with Crippen LogP contribution in [0.5, 0.6) is 0 Å². The molecule has 0 fully saturated rings. The Morgan fingerprint density at radius 2 is 1.83 bits per heavy atom. The second-order valence-corrected chi connectivity index (χ2v) is 8.21. The number of sulfonamides is 1. The number of rotatable bonds is 7. The highest BCUT2D eigenvalue weighted by molar-refractivity contribution is 7.89. The Labute approximate surface area is 173 Å². The number of amides is 1. The van der Waals surface area contributed by atoms with Gasteiger partial charge in [0.25, 0.3) is 0 Å². The number of nitrogens with one attached hydrogen (secondary N) is 1. The van der Waals surface area contributed by atoms with Gasteiger partial charge in [0.05, 0.1) is 34.7 Å². The van der Waals surface area contributed by atoms with E-state index in [-0.39, 0.29) is 6.54 Å². The molecule has 30 heavy (non-hydrogen) atoms. The second kappa shape index (κ2) is 9.28. The number of carbonyl (C=O) groups excluding carboxylic acids is 1. The van der Waals surface area contributed by atoms with E-state index in [2.05, 4.69) is 4.72 Å². The van der Waals surface area contributed by atoms with Gasteiger partial charge in [-0.3, -0.25) is 4.79 Å². The normalized spacial score (nSPS) is 12.8. The number of carbonyl (C=O) groups is 1. The highest BCUT2D eigenvalue weighted by atomic mass is 32.2. The molecular formula is C20H20F3N3O3S. The Hall–Kier alpha value is -2.90. The molecule has 0 heterocycles. The first-order chi connectivity index (χ1) is 14.0. The lowest BCUT2D eigenvalue weighted by Crippen LogP contribution is -2.41. The Bertz CT molecular complexity index is 1050. The van der Waals surface area contributed by atoms with E-state index in [0.29, 0.717) is 11.6 Å². The molecule has 0 bridgehead atoms. The summed E-state index contributed by atoms with van der Waals surface area (Å²) in [4.78, 5) is 13.4. The fourth-order valence-corrected chi connectivity index (χ4v) is 3.88. The third kappa shape index (κ3) is 5.58. The number of hydrogen-bond donors (Lipinski definition) is 1. The smallest absolute Gasteiger partial charge is 0.335 e. The summed E-state index contributed by atoms with van der Waals surface area (Å²) in [5, 5.41) is 8.87. The summed E-state index contributed by atoms with van der Waals surface area (Å²) >= 11 is 0. The van der Waals surface area contributed by atoms with Gasteiger partial charge in [0.2, 0.25) is 15.9 Å². The summed E-state index contributed by atoms with van der Waals surface area (Å²) in [7, 11) is -4.31. The molecule has 2 aromatic carbocycles. The lowest BCUT2D eigenvalue weighted by molar-refractivity contribution is -0.137. The lowest BCUT2D eigenvalue weighted by atomic mass is 10.0. The van der Waals surface area contributed by atoms with Gasteiger partial charge in [0, 0.05) is 6.54 Å². The molecule has 1 amide bonds. The number of benzene rings is 2. The highest BCUT2D eigenvalue weighted by Crippen LogP contribution is 2.30. The van der Waals surface area contributed by atoms with E-state index in [1.165, 1.54) is 4.90 Å². The molecule has 10 heteroatoms. The number of nitrogens with zero attached hydrogens (tertiary/aromatic N) is 2. The maximum absolute atomic E-state index is 12.8. The lowest BCUT2D eigenvalue weighted by Gasteiger charge is -2.28. The fraction of sp³-hybridized carbons (Fsp3) is 0.300. The minimum absolute atomic E-state index is 0.283. The van der Waals surface area contributed by atoms with Crippen LogP contribution in [0.2, 0.25) is 0 Å². The molecule has 0 radical (unpaired) electrons. The monoisotopic (exact) mass is 439 g/mol. The summed E-state index contributed by atoms with van der Waals surface area (Å²) in [5.41, 5.74) is 0.125. The molecule has 0 aliphatic carbocycles. The standard InChI is InChI=1S/C20H20F3N3O3S/c1-3-26(14(2)16-9-7-15(12-24)8-10-16)19(27)13-25-30(28,29)18-6-4-5-17(11-18)20(21,22)23/h4-11,14,25H,3,13H2,1-2H3. The molecule has 2 aromatic rings. The van der Waals surface area contributed by atoms with Crippen LogP contribution < -0.4 is 4.72 Å². The van der Waals surface area contributed by atoms with E-state index in [9.17, 15) is 26.4 Å². The van der Waals surface area contributed by atoms with Crippen LogP contribution in [0.15, 0.2) is 53.4 Å². The number of hydrogen-bond acceptors (Lipinski definition) is 4. The van der Waals surface area contributed by atoms with Gasteiger partial charge in [-0.25, -0.2) is 13.1 Å². The minimum atomic E-state index is -4.68. The van der Waals surface area contributed by atoms with E-state index in [4.69, 9.17) is 5.26 Å². The van der Waals surface area contributed by atoms with E-state index in [1.807, 2.05) is 6.07 Å². The van der Waals surface area contributed by atoms with Crippen molar-refractivity contribution < 1.29 is 26.4 Å². The number of nitriles is 1. The quantitative estimate of drug-likeness (QED) is 0.715. The minimum Gasteiger partial charge on any atom is -0.335 e. The summed E-state index contributed by atoms with van der Waals surface area (Å²) in [6, 6.07) is 11.5. The predicted molar refractivity (Wildman–Crippen MR) is 104 cm³/mol. The number of halogens is 3. The van der Waals surface area contributed by atoms with Crippen LogP contribution in [-0.4, -0.2) is 32.3 Å². The Morgan fingerprint density at radius 1 is 1.20 bits per heavy atom. The Morgan fingerprint density at radius 3 is 2.37 bits per heavy atom. The van der Waals surface area contributed by atoms with Crippen molar-refractivity contribution in [3.8, 4) is 6.07 Å². The van der Waals surface area contributed by atoms with Crippen molar-refractivity contribution in [1.82, 2.24) is 9.62 Å². The molecule has 2 rings (SSSR count). The van der Waals surface area contributed by atoms with Crippen LogP contribution in [-0.2, 0) is 21.0 Å². The summed E-state index contributed by atoms with van der Waals surface area (Å²) in [6.45, 7) is 3.15. The average molecular weight is 439 g/mol. The first-order valence-corrected chi connectivity index (χ1v) is 10.4. The second-order valence-electron chi connectivity index (χ2n) is 6.44. The third-order valence-corrected chi connectivity index (χ3v) is 5.93. The zero-order valence-electron chi connectivity index (χ0n) is 16.3. The Kier molecular flexibility index (Phi) is 7.23. The molecule has 0 aliphatic rings. The molecule has 0 aliphatic heterocycles. The van der Waals surface area contributed by atoms with Gasteiger partial charge >= 0.3 is 6.18 Å². The van der Waals surface area contributed by atoms with E-state index in [0.717, 1.165) is 23.8 Å². The summed E-state index contributed by atoms with van der Waals surface area (Å²) < 4.78 is 65.3. The SMILES string of the molecule is CCN(C(=O)CNS(=O)(=O)c1cccc(C(F)(F)F)c1)C(C)c1ccc(C#N)cc1. The predicted octanol–water partition coefficient (Wildman–Crippen LogP) is 3.47. The van der Waals surface area contributed by atoms with Crippen molar-refractivity contribution in [2.75, 3.05) is 13.1 Å². The zero-order valence-corrected chi connectivity index (χ0v) is 17.1. The van der Waals surface area contributed by atoms with Crippen molar-refractivity contribution in [3.05, 3.63) is 65.2 Å². The van der Waals surface area contributed by atoms with Crippen molar-refractivity contribution in [2.45, 2.75) is 31.0 Å². The van der Waals surface area contributed by atoms with E-state index < -0.39 is 45.2 Å². The van der Waals surface area contributed by atoms with Crippen molar-refractivity contribution in [3.63, 3.8) is 0 Å². The highest BCUT2D eigenvalue weighted by Gasteiger charge is 2.32. The molecule has 0 saturated carbocycles. The molecule has 1 unspecified atom stereocenters. The van der Waals surface area contributed by atoms with Crippen molar-refractivity contribution in [2.24, 2.45) is 0 Å². The molecule has 6 nitrogen and oxygen atoms in total. The van der Waals surface area contributed by atoms with E-state index >= 15 is 0 Å². The largest absolute Gasteiger partial charge is 0.416 e. The average Bonchev–Trinajstić information content (AvgIpc) is 2.72. The Balaban J connectivity index is 2.13. The summed E-state index contributed by atoms with van der Waals surface area (Å²) in [6.07, 6.45) is -4.68. The number of alkyl halides is 3. The molecule has 1 N–H and O–H groups in total. The third-order valence-electron chi connectivity index (χ3n) is 4.54.